The van der Waals surface area contributed by atoms with Crippen LogP contribution in [0.25, 0.3) is 5.69 Å². The van der Waals surface area contributed by atoms with Crippen molar-refractivity contribution >= 4 is 79.5 Å². The number of aromatic nitrogens is 2. The number of urea groups is 1. The van der Waals surface area contributed by atoms with Gasteiger partial charge in [-0.15, -0.1) is 0 Å². The van der Waals surface area contributed by atoms with Gasteiger partial charge in [-0.2, -0.15) is 0 Å². The minimum absolute atomic E-state index is 0.0726. The van der Waals surface area contributed by atoms with Gasteiger partial charge in [0, 0.05) is 36.5 Å². The first-order valence-electron chi connectivity index (χ1n) is 12.9. The number of methoxy groups -OCH3 is 1. The van der Waals surface area contributed by atoms with Crippen LogP contribution in [-0.2, 0) is 14.3 Å². The predicted molar refractivity (Wildman–Crippen MR) is 171 cm³/mol. The fourth-order valence-corrected chi connectivity index (χ4v) is 5.84. The first-order valence-corrected chi connectivity index (χ1v) is 15.2. The lowest BCUT2D eigenvalue weighted by Crippen LogP contribution is -2.52. The molecule has 1 fully saturated rings. The number of halogens is 4. The molecule has 2 unspecified atom stereocenters. The highest BCUT2D eigenvalue weighted by atomic mass is 127. The summed E-state index contributed by atoms with van der Waals surface area (Å²) in [5.41, 5.74) is -0.987. The Hall–Kier alpha value is -3.08. The number of nitrogens with one attached hydrogen (secondary N) is 2. The fraction of sp³-hybridized carbons (Fsp3) is 0.321. The van der Waals surface area contributed by atoms with E-state index in [2.05, 4.69) is 31.5 Å². The number of rotatable bonds is 8. The monoisotopic (exact) mass is 789 g/mol. The number of esters is 1. The van der Waals surface area contributed by atoms with E-state index in [-0.39, 0.29) is 48.2 Å². The van der Waals surface area contributed by atoms with E-state index in [0.29, 0.717) is 9.50 Å². The Bertz CT molecular complexity index is 1610. The third-order valence-corrected chi connectivity index (χ3v) is 8.60. The van der Waals surface area contributed by atoms with E-state index < -0.39 is 38.9 Å². The van der Waals surface area contributed by atoms with Gasteiger partial charge in [0.05, 0.1) is 35.7 Å². The number of benzene rings is 1. The molecule has 228 valence electrons. The van der Waals surface area contributed by atoms with Crippen LogP contribution >= 0.6 is 50.1 Å². The summed E-state index contributed by atoms with van der Waals surface area (Å²) in [4.78, 5) is 57.6. The summed E-state index contributed by atoms with van der Waals surface area (Å²) in [6, 6.07) is 7.57. The number of nitrogens with zero attached hydrogens (tertiary/aromatic N) is 3. The van der Waals surface area contributed by atoms with Crippen LogP contribution in [0.3, 0.4) is 0 Å². The molecule has 0 bridgehead atoms. The van der Waals surface area contributed by atoms with Crippen molar-refractivity contribution in [2.24, 2.45) is 5.92 Å². The first-order chi connectivity index (χ1) is 20.3. The fourth-order valence-electron chi connectivity index (χ4n) is 4.25. The Morgan fingerprint density at radius 1 is 1.23 bits per heavy atom. The standard InChI is InChI=1S/C28H27BrClFIN5O6/c1-15(2)14-43-25(39)20-8-16(29)12-36(24(20)38)18-5-6-22(21(31)9-18)34-26(40)28(32)10-19(42-3)13-37(28)27(41)35-23-7-4-17(30)11-33-23/h4-9,11-12,15,19H,10,13-14H2,1-3H3,(H,34,40)(H,33,35,41). The Kier molecular flexibility index (Phi) is 10.5. The van der Waals surface area contributed by atoms with Crippen LogP contribution in [0.4, 0.5) is 20.7 Å². The van der Waals surface area contributed by atoms with E-state index in [9.17, 15) is 19.2 Å². The van der Waals surface area contributed by atoms with Crippen molar-refractivity contribution < 1.29 is 28.2 Å². The Morgan fingerprint density at radius 3 is 2.60 bits per heavy atom. The third-order valence-electron chi connectivity index (χ3n) is 6.43. The molecule has 1 aliphatic rings. The van der Waals surface area contributed by atoms with Gasteiger partial charge in [-0.3, -0.25) is 24.4 Å². The van der Waals surface area contributed by atoms with Gasteiger partial charge in [0.15, 0.2) is 3.55 Å². The largest absolute Gasteiger partial charge is 0.462 e. The van der Waals surface area contributed by atoms with Gasteiger partial charge in [-0.25, -0.2) is 19.0 Å². The quantitative estimate of drug-likeness (QED) is 0.131. The number of pyridine rings is 2. The maximum atomic E-state index is 15.4. The van der Waals surface area contributed by atoms with Crippen molar-refractivity contribution in [2.75, 3.05) is 30.9 Å². The van der Waals surface area contributed by atoms with E-state index in [1.54, 1.807) is 6.07 Å². The van der Waals surface area contributed by atoms with Gasteiger partial charge in [0.2, 0.25) is 0 Å². The maximum absolute atomic E-state index is 15.4. The molecule has 4 rings (SSSR count). The lowest BCUT2D eigenvalue weighted by Gasteiger charge is -2.31. The minimum atomic E-state index is -1.44. The van der Waals surface area contributed by atoms with Crippen LogP contribution in [0.2, 0.25) is 5.02 Å². The van der Waals surface area contributed by atoms with Crippen molar-refractivity contribution in [3.05, 3.63) is 80.0 Å². The van der Waals surface area contributed by atoms with Crippen LogP contribution in [0.15, 0.2) is 58.1 Å². The van der Waals surface area contributed by atoms with E-state index in [0.717, 1.165) is 10.6 Å². The molecule has 1 aromatic carbocycles. The zero-order valence-corrected chi connectivity index (χ0v) is 27.7. The summed E-state index contributed by atoms with van der Waals surface area (Å²) in [5, 5.41) is 5.58. The summed E-state index contributed by atoms with van der Waals surface area (Å²) >= 11 is 11.0. The van der Waals surface area contributed by atoms with Gasteiger partial charge >= 0.3 is 12.0 Å². The van der Waals surface area contributed by atoms with Crippen molar-refractivity contribution in [1.82, 2.24) is 14.5 Å². The molecule has 2 N–H and O–H groups in total. The topological polar surface area (TPSA) is 132 Å². The van der Waals surface area contributed by atoms with E-state index in [1.807, 2.05) is 36.4 Å². The zero-order valence-electron chi connectivity index (χ0n) is 23.2. The summed E-state index contributed by atoms with van der Waals surface area (Å²) < 4.78 is 26.0. The van der Waals surface area contributed by atoms with Gasteiger partial charge in [-0.05, 0) is 74.8 Å². The van der Waals surface area contributed by atoms with Crippen LogP contribution < -0.4 is 16.2 Å². The second kappa shape index (κ2) is 13.7. The number of anilines is 2. The highest BCUT2D eigenvalue weighted by molar-refractivity contribution is 14.1. The Balaban J connectivity index is 1.56. The highest BCUT2D eigenvalue weighted by Gasteiger charge is 2.52. The number of alkyl halides is 1. The molecule has 3 heterocycles. The van der Waals surface area contributed by atoms with Crippen LogP contribution in [-0.4, -0.2) is 62.3 Å². The van der Waals surface area contributed by atoms with Crippen LogP contribution in [0, 0.1) is 11.7 Å². The molecular formula is C28H27BrClFIN5O6. The van der Waals surface area contributed by atoms with Gasteiger partial charge in [-0.1, -0.05) is 25.4 Å². The smallest absolute Gasteiger partial charge is 0.343 e. The van der Waals surface area contributed by atoms with Gasteiger partial charge < -0.3 is 14.8 Å². The number of likely N-dealkylation sites (tertiary alicyclic amines) is 1. The molecule has 15 heteroatoms. The molecule has 1 saturated heterocycles. The molecule has 0 saturated carbocycles. The molecule has 3 aromatic rings. The number of ether oxygens (including phenoxy) is 2. The number of carbonyl (C=O) groups is 3. The highest BCUT2D eigenvalue weighted by Crippen LogP contribution is 2.39. The lowest BCUT2D eigenvalue weighted by atomic mass is 10.1. The first kappa shape index (κ1) is 32.8. The second-order valence-electron chi connectivity index (χ2n) is 10.1. The minimum Gasteiger partial charge on any atom is -0.462 e. The number of carbonyl (C=O) groups excluding carboxylic acids is 3. The van der Waals surface area contributed by atoms with E-state index >= 15 is 4.39 Å². The summed E-state index contributed by atoms with van der Waals surface area (Å²) in [7, 11) is 1.47. The number of hydrogen-bond donors (Lipinski definition) is 2. The van der Waals surface area contributed by atoms with Crippen molar-refractivity contribution in [1.29, 1.82) is 0 Å². The number of hydrogen-bond acceptors (Lipinski definition) is 7. The average molecular weight is 791 g/mol. The summed E-state index contributed by atoms with van der Waals surface area (Å²) in [5.74, 6) is -1.99. The Morgan fingerprint density at radius 2 is 1.98 bits per heavy atom. The molecule has 0 spiro atoms. The molecule has 11 nitrogen and oxygen atoms in total. The predicted octanol–water partition coefficient (Wildman–Crippen LogP) is 5.62. The Labute approximate surface area is 273 Å². The molecule has 2 atom stereocenters. The molecule has 43 heavy (non-hydrogen) atoms. The SMILES string of the molecule is COC1CN(C(=O)Nc2ccc(Cl)cn2)C(I)(C(=O)Nc2ccc(-n3cc(Br)cc(C(=O)OCC(C)C)c3=O)cc2F)C1. The normalized spacial score (nSPS) is 18.0. The van der Waals surface area contributed by atoms with E-state index in [1.165, 1.54) is 48.7 Å². The molecular weight excluding hydrogens is 764 g/mol. The van der Waals surface area contributed by atoms with Crippen LogP contribution in [0.5, 0.6) is 0 Å². The lowest BCUT2D eigenvalue weighted by molar-refractivity contribution is -0.120. The van der Waals surface area contributed by atoms with E-state index in [4.69, 9.17) is 21.1 Å². The molecule has 2 aromatic heterocycles. The average Bonchev–Trinajstić information content (AvgIpc) is 3.33. The van der Waals surface area contributed by atoms with Crippen molar-refractivity contribution in [2.45, 2.75) is 29.9 Å². The summed E-state index contributed by atoms with van der Waals surface area (Å²) in [6.45, 7) is 3.96. The van der Waals surface area contributed by atoms with Crippen LogP contribution in [0.1, 0.15) is 30.6 Å². The third kappa shape index (κ3) is 7.53. The van der Waals surface area contributed by atoms with Gasteiger partial charge in [0.1, 0.15) is 17.2 Å². The van der Waals surface area contributed by atoms with Crippen molar-refractivity contribution in [3.8, 4) is 5.69 Å². The molecule has 0 radical (unpaired) electrons. The van der Waals surface area contributed by atoms with Gasteiger partial charge in [0.25, 0.3) is 11.5 Å². The summed E-state index contributed by atoms with van der Waals surface area (Å²) in [6.07, 6.45) is 2.45. The molecule has 0 aliphatic carbocycles. The second-order valence-corrected chi connectivity index (χ2v) is 13.2. The zero-order chi connectivity index (χ0) is 31.5. The number of amides is 3. The molecule has 1 aliphatic heterocycles. The van der Waals surface area contributed by atoms with Crippen molar-refractivity contribution in [3.63, 3.8) is 0 Å². The molecule has 3 amide bonds. The maximum Gasteiger partial charge on any atom is 0.343 e.